The predicted octanol–water partition coefficient (Wildman–Crippen LogP) is 4.95. The normalized spacial score (nSPS) is 16.4. The third kappa shape index (κ3) is 5.11. The van der Waals surface area contributed by atoms with Crippen LogP contribution in [0, 0.1) is 6.92 Å². The molecule has 1 N–H and O–H groups in total. The molecule has 178 valence electrons. The Kier molecular flexibility index (Phi) is 6.71. The summed E-state index contributed by atoms with van der Waals surface area (Å²) in [6, 6.07) is 19.9. The first-order chi connectivity index (χ1) is 16.1. The van der Waals surface area contributed by atoms with E-state index in [1.165, 1.54) is 24.3 Å². The molecule has 3 aromatic carbocycles. The number of hydrogen-bond donors (Lipinski definition) is 1. The molecule has 1 heterocycles. The molecule has 1 aliphatic rings. The molecule has 0 aromatic heterocycles. The molecule has 34 heavy (non-hydrogen) atoms. The number of hydrogen-bond acceptors (Lipinski definition) is 5. The summed E-state index contributed by atoms with van der Waals surface area (Å²) < 4.78 is 54.7. The molecule has 10 heteroatoms. The molecule has 0 radical (unpaired) electrons. The summed E-state index contributed by atoms with van der Waals surface area (Å²) in [4.78, 5) is 0.0865. The van der Waals surface area contributed by atoms with Crippen LogP contribution in [0.3, 0.4) is 0 Å². The first kappa shape index (κ1) is 24.3. The highest BCUT2D eigenvalue weighted by atomic mass is 35.5. The maximum absolute atomic E-state index is 13.6. The Balaban J connectivity index is 1.76. The van der Waals surface area contributed by atoms with E-state index in [0.717, 1.165) is 15.5 Å². The Labute approximate surface area is 205 Å². The van der Waals surface area contributed by atoms with Crippen LogP contribution in [0.1, 0.15) is 36.1 Å². The third-order valence-electron chi connectivity index (χ3n) is 5.54. The molecule has 1 aliphatic heterocycles. The van der Waals surface area contributed by atoms with Crippen LogP contribution in [0.4, 0.5) is 5.69 Å². The zero-order valence-electron chi connectivity index (χ0n) is 18.6. The van der Waals surface area contributed by atoms with Gasteiger partial charge in [0.15, 0.2) is 0 Å². The molecule has 0 amide bonds. The quantitative estimate of drug-likeness (QED) is 0.479. The first-order valence-electron chi connectivity index (χ1n) is 10.6. The fourth-order valence-electron chi connectivity index (χ4n) is 3.65. The number of nitrogens with one attached hydrogen (secondary N) is 1. The molecular formula is C24H24ClN3O4S2. The zero-order valence-corrected chi connectivity index (χ0v) is 21.0. The number of halogens is 1. The number of sulfonamides is 2. The molecule has 0 saturated heterocycles. The maximum Gasteiger partial charge on any atom is 0.279 e. The highest BCUT2D eigenvalue weighted by molar-refractivity contribution is 7.92. The van der Waals surface area contributed by atoms with Gasteiger partial charge in [-0.1, -0.05) is 53.6 Å². The number of rotatable bonds is 7. The monoisotopic (exact) mass is 517 g/mol. The molecule has 0 aliphatic carbocycles. The van der Waals surface area contributed by atoms with Crippen molar-refractivity contribution in [3.8, 4) is 0 Å². The van der Waals surface area contributed by atoms with Crippen LogP contribution in [0.5, 0.6) is 0 Å². The molecule has 0 fully saturated rings. The standard InChI is InChI=1S/C24H24ClN3O4S2/c1-3-33(29,30)27-21-6-4-5-19(15-21)23-16-24(18-9-7-17(2)8-10-18)28(26-23)34(31,32)22-13-11-20(25)12-14-22/h4-15,24,27H,3,16H2,1-2H3. The van der Waals surface area contributed by atoms with E-state index in [0.29, 0.717) is 28.4 Å². The van der Waals surface area contributed by atoms with Gasteiger partial charge >= 0.3 is 0 Å². The SMILES string of the molecule is CCS(=O)(=O)Nc1cccc(C2=NN(S(=O)(=O)c3ccc(Cl)cc3)C(c3ccc(C)cc3)C2)c1. The third-order valence-corrected chi connectivity index (χ3v) is 8.80. The second-order valence-electron chi connectivity index (χ2n) is 8.00. The Morgan fingerprint density at radius 3 is 2.32 bits per heavy atom. The van der Waals surface area contributed by atoms with Crippen LogP contribution in [0.15, 0.2) is 82.8 Å². The van der Waals surface area contributed by atoms with Gasteiger partial charge in [0.1, 0.15) is 0 Å². The summed E-state index contributed by atoms with van der Waals surface area (Å²) in [7, 11) is -7.42. The molecule has 4 rings (SSSR count). The summed E-state index contributed by atoms with van der Waals surface area (Å²) >= 11 is 5.95. The number of aryl methyl sites for hydroxylation is 1. The van der Waals surface area contributed by atoms with Crippen molar-refractivity contribution in [3.63, 3.8) is 0 Å². The van der Waals surface area contributed by atoms with Crippen molar-refractivity contribution in [1.82, 2.24) is 4.41 Å². The maximum atomic E-state index is 13.6. The van der Waals surface area contributed by atoms with Gasteiger partial charge in [0, 0.05) is 17.1 Å². The van der Waals surface area contributed by atoms with Crippen molar-refractivity contribution < 1.29 is 16.8 Å². The predicted molar refractivity (Wildman–Crippen MR) is 135 cm³/mol. The number of nitrogens with zero attached hydrogens (tertiary/aromatic N) is 2. The smallest absolute Gasteiger partial charge is 0.279 e. The van der Waals surface area contributed by atoms with Gasteiger partial charge in [-0.05, 0) is 61.4 Å². The molecular weight excluding hydrogens is 494 g/mol. The lowest BCUT2D eigenvalue weighted by Crippen LogP contribution is -2.27. The largest absolute Gasteiger partial charge is 0.284 e. The Morgan fingerprint density at radius 1 is 1.00 bits per heavy atom. The molecule has 3 aromatic rings. The van der Waals surface area contributed by atoms with Crippen LogP contribution < -0.4 is 4.72 Å². The van der Waals surface area contributed by atoms with E-state index < -0.39 is 26.1 Å². The minimum absolute atomic E-state index is 0.0548. The van der Waals surface area contributed by atoms with Gasteiger partial charge in [-0.3, -0.25) is 4.72 Å². The molecule has 1 unspecified atom stereocenters. The van der Waals surface area contributed by atoms with Gasteiger partial charge in [-0.2, -0.15) is 17.9 Å². The molecule has 1 atom stereocenters. The fraction of sp³-hybridized carbons (Fsp3) is 0.208. The van der Waals surface area contributed by atoms with Gasteiger partial charge in [0.25, 0.3) is 10.0 Å². The van der Waals surface area contributed by atoms with E-state index >= 15 is 0 Å². The van der Waals surface area contributed by atoms with Crippen LogP contribution in [0.25, 0.3) is 0 Å². The van der Waals surface area contributed by atoms with Gasteiger partial charge < -0.3 is 0 Å². The summed E-state index contributed by atoms with van der Waals surface area (Å²) in [5.74, 6) is -0.0548. The van der Waals surface area contributed by atoms with Gasteiger partial charge in [0.2, 0.25) is 10.0 Å². The van der Waals surface area contributed by atoms with Crippen molar-refractivity contribution in [2.75, 3.05) is 10.5 Å². The second kappa shape index (κ2) is 9.40. The molecule has 7 nitrogen and oxygen atoms in total. The van der Waals surface area contributed by atoms with Crippen LogP contribution >= 0.6 is 11.6 Å². The van der Waals surface area contributed by atoms with Crippen molar-refractivity contribution in [2.45, 2.75) is 31.2 Å². The summed E-state index contributed by atoms with van der Waals surface area (Å²) in [6.45, 7) is 3.52. The summed E-state index contributed by atoms with van der Waals surface area (Å²) in [5, 5.41) is 4.95. The van der Waals surface area contributed by atoms with Gasteiger partial charge in [0.05, 0.1) is 22.4 Å². The van der Waals surface area contributed by atoms with Crippen molar-refractivity contribution in [3.05, 3.63) is 94.5 Å². The van der Waals surface area contributed by atoms with Crippen molar-refractivity contribution in [1.29, 1.82) is 0 Å². The van der Waals surface area contributed by atoms with Crippen LogP contribution in [-0.4, -0.2) is 32.7 Å². The topological polar surface area (TPSA) is 95.9 Å². The lowest BCUT2D eigenvalue weighted by Gasteiger charge is -2.23. The lowest BCUT2D eigenvalue weighted by atomic mass is 9.98. The van der Waals surface area contributed by atoms with Crippen molar-refractivity contribution >= 4 is 43.0 Å². The average molecular weight is 518 g/mol. The zero-order chi connectivity index (χ0) is 24.5. The summed E-state index contributed by atoms with van der Waals surface area (Å²) in [5.41, 5.74) is 3.45. The summed E-state index contributed by atoms with van der Waals surface area (Å²) in [6.07, 6.45) is 0.333. The minimum Gasteiger partial charge on any atom is -0.284 e. The van der Waals surface area contributed by atoms with Crippen LogP contribution in [0.2, 0.25) is 5.02 Å². The molecule has 0 spiro atoms. The highest BCUT2D eigenvalue weighted by Crippen LogP contribution is 2.37. The minimum atomic E-state index is -3.97. The van der Waals surface area contributed by atoms with Crippen molar-refractivity contribution in [2.24, 2.45) is 5.10 Å². The first-order valence-corrected chi connectivity index (χ1v) is 14.1. The second-order valence-corrected chi connectivity index (χ2v) is 12.2. The van der Waals surface area contributed by atoms with Crippen LogP contribution in [-0.2, 0) is 20.0 Å². The fourth-order valence-corrected chi connectivity index (χ4v) is 5.84. The van der Waals surface area contributed by atoms with E-state index in [4.69, 9.17) is 11.6 Å². The number of benzene rings is 3. The van der Waals surface area contributed by atoms with E-state index in [9.17, 15) is 16.8 Å². The van der Waals surface area contributed by atoms with Gasteiger partial charge in [-0.25, -0.2) is 8.42 Å². The number of anilines is 1. The number of hydrazone groups is 1. The Bertz CT molecular complexity index is 1440. The molecule has 0 bridgehead atoms. The lowest BCUT2D eigenvalue weighted by molar-refractivity contribution is 0.371. The Morgan fingerprint density at radius 2 is 1.68 bits per heavy atom. The van der Waals surface area contributed by atoms with Gasteiger partial charge in [-0.15, -0.1) is 0 Å². The van der Waals surface area contributed by atoms with E-state index in [-0.39, 0.29) is 10.6 Å². The van der Waals surface area contributed by atoms with E-state index in [1.54, 1.807) is 31.2 Å². The van der Waals surface area contributed by atoms with E-state index in [1.807, 2.05) is 31.2 Å². The Hall–Kier alpha value is -2.88. The average Bonchev–Trinajstić information content (AvgIpc) is 3.26. The van der Waals surface area contributed by atoms with E-state index in [2.05, 4.69) is 9.82 Å². The molecule has 0 saturated carbocycles. The highest BCUT2D eigenvalue weighted by Gasteiger charge is 2.37.